The van der Waals surface area contributed by atoms with Crippen LogP contribution in [-0.2, 0) is 0 Å². The van der Waals surface area contributed by atoms with Crippen LogP contribution in [0.3, 0.4) is 0 Å². The van der Waals surface area contributed by atoms with Gasteiger partial charge in [-0.1, -0.05) is 29.8 Å². The van der Waals surface area contributed by atoms with E-state index >= 15 is 0 Å². The second-order valence-corrected chi connectivity index (χ2v) is 5.19. The molecule has 1 aromatic heterocycles. The number of hydrogen-bond acceptors (Lipinski definition) is 3. The molecule has 0 radical (unpaired) electrons. The van der Waals surface area contributed by atoms with Gasteiger partial charge in [0.05, 0.1) is 0 Å². The zero-order valence-corrected chi connectivity index (χ0v) is 12.6. The summed E-state index contributed by atoms with van der Waals surface area (Å²) in [6, 6.07) is 16.3. The average Bonchev–Trinajstić information content (AvgIpc) is 2.91. The highest BCUT2D eigenvalue weighted by atomic mass is 35.5. The summed E-state index contributed by atoms with van der Waals surface area (Å²) in [5.74, 6) is 0.568. The highest BCUT2D eigenvalue weighted by molar-refractivity contribution is 6.30. The Labute approximate surface area is 132 Å². The van der Waals surface area contributed by atoms with Gasteiger partial charge in [0.2, 0.25) is 5.89 Å². The first-order valence-electron chi connectivity index (χ1n) is 6.73. The quantitative estimate of drug-likeness (QED) is 0.771. The van der Waals surface area contributed by atoms with Gasteiger partial charge in [0, 0.05) is 16.3 Å². The second kappa shape index (κ2) is 6.03. The molecule has 1 N–H and O–H groups in total. The predicted molar refractivity (Wildman–Crippen MR) is 86.1 cm³/mol. The molecule has 1 heterocycles. The van der Waals surface area contributed by atoms with Crippen molar-refractivity contribution in [1.82, 2.24) is 4.98 Å². The van der Waals surface area contributed by atoms with Gasteiger partial charge in [0.1, 0.15) is 5.76 Å². The summed E-state index contributed by atoms with van der Waals surface area (Å²) in [5, 5.41) is 3.42. The van der Waals surface area contributed by atoms with Gasteiger partial charge in [-0.3, -0.25) is 4.79 Å². The number of halogens is 1. The van der Waals surface area contributed by atoms with E-state index in [0.29, 0.717) is 22.4 Å². The number of para-hydroxylation sites is 1. The molecule has 0 spiro atoms. The minimum absolute atomic E-state index is 0.272. The lowest BCUT2D eigenvalue weighted by Gasteiger charge is -2.02. The topological polar surface area (TPSA) is 55.1 Å². The summed E-state index contributed by atoms with van der Waals surface area (Å²) >= 11 is 5.86. The Hall–Kier alpha value is -2.59. The lowest BCUT2D eigenvalue weighted by molar-refractivity contribution is 0.102. The van der Waals surface area contributed by atoms with Crippen LogP contribution in [0, 0.1) is 6.92 Å². The van der Waals surface area contributed by atoms with Crippen LogP contribution in [0.15, 0.2) is 59.0 Å². The summed E-state index contributed by atoms with van der Waals surface area (Å²) in [4.78, 5) is 16.6. The third-order valence-electron chi connectivity index (χ3n) is 3.13. The highest BCUT2D eigenvalue weighted by Crippen LogP contribution is 2.23. The summed E-state index contributed by atoms with van der Waals surface area (Å²) in [7, 11) is 0. The third-order valence-corrected chi connectivity index (χ3v) is 3.39. The number of carbonyl (C=O) groups excluding carboxylic acids is 1. The van der Waals surface area contributed by atoms with Crippen LogP contribution in [0.5, 0.6) is 0 Å². The van der Waals surface area contributed by atoms with Gasteiger partial charge < -0.3 is 9.73 Å². The molecule has 2 aromatic carbocycles. The molecule has 4 nitrogen and oxygen atoms in total. The van der Waals surface area contributed by atoms with Crippen molar-refractivity contribution in [2.75, 3.05) is 5.32 Å². The SMILES string of the molecule is Cc1oc(-c2ccc(Cl)cc2)nc1C(=O)Nc1ccccc1. The van der Waals surface area contributed by atoms with E-state index in [2.05, 4.69) is 10.3 Å². The number of benzene rings is 2. The van der Waals surface area contributed by atoms with Crippen molar-refractivity contribution in [2.45, 2.75) is 6.92 Å². The Morgan fingerprint density at radius 2 is 1.77 bits per heavy atom. The van der Waals surface area contributed by atoms with Crippen molar-refractivity contribution in [3.05, 3.63) is 71.1 Å². The predicted octanol–water partition coefficient (Wildman–Crippen LogP) is 4.56. The van der Waals surface area contributed by atoms with Crippen molar-refractivity contribution in [2.24, 2.45) is 0 Å². The fraction of sp³-hybridized carbons (Fsp3) is 0.0588. The average molecular weight is 313 g/mol. The zero-order chi connectivity index (χ0) is 15.5. The number of carbonyl (C=O) groups is 1. The highest BCUT2D eigenvalue weighted by Gasteiger charge is 2.18. The van der Waals surface area contributed by atoms with Gasteiger partial charge in [-0.05, 0) is 43.3 Å². The van der Waals surface area contributed by atoms with Gasteiger partial charge >= 0.3 is 0 Å². The molecule has 22 heavy (non-hydrogen) atoms. The van der Waals surface area contributed by atoms with Crippen LogP contribution in [0.4, 0.5) is 5.69 Å². The normalized spacial score (nSPS) is 10.5. The maximum atomic E-state index is 12.3. The number of rotatable bonds is 3. The molecule has 0 saturated heterocycles. The van der Waals surface area contributed by atoms with E-state index in [1.54, 1.807) is 31.2 Å². The lowest BCUT2D eigenvalue weighted by Crippen LogP contribution is -2.13. The maximum absolute atomic E-state index is 12.3. The number of oxazole rings is 1. The van der Waals surface area contributed by atoms with Crippen molar-refractivity contribution in [1.29, 1.82) is 0 Å². The molecule has 1 amide bonds. The number of hydrogen-bond donors (Lipinski definition) is 1. The number of aromatic nitrogens is 1. The van der Waals surface area contributed by atoms with Crippen LogP contribution in [0.2, 0.25) is 5.02 Å². The molecule has 0 unspecified atom stereocenters. The summed E-state index contributed by atoms with van der Waals surface area (Å²) in [5.41, 5.74) is 1.75. The molecule has 0 atom stereocenters. The molecule has 3 rings (SSSR count). The van der Waals surface area contributed by atoms with Crippen LogP contribution in [-0.4, -0.2) is 10.9 Å². The Morgan fingerprint density at radius 1 is 1.09 bits per heavy atom. The molecule has 0 aliphatic heterocycles. The number of amides is 1. The van der Waals surface area contributed by atoms with E-state index in [-0.39, 0.29) is 11.6 Å². The summed E-state index contributed by atoms with van der Waals surface area (Å²) < 4.78 is 5.58. The number of anilines is 1. The molecule has 0 aliphatic rings. The number of aryl methyl sites for hydroxylation is 1. The molecule has 0 saturated carbocycles. The largest absolute Gasteiger partial charge is 0.441 e. The van der Waals surface area contributed by atoms with E-state index in [1.807, 2.05) is 30.3 Å². The first-order valence-corrected chi connectivity index (χ1v) is 7.11. The fourth-order valence-corrected chi connectivity index (χ4v) is 2.16. The van der Waals surface area contributed by atoms with Crippen LogP contribution in [0.25, 0.3) is 11.5 Å². The molecular weight excluding hydrogens is 300 g/mol. The van der Waals surface area contributed by atoms with Gasteiger partial charge in [0.25, 0.3) is 5.91 Å². The van der Waals surface area contributed by atoms with Crippen molar-refractivity contribution >= 4 is 23.2 Å². The van der Waals surface area contributed by atoms with Crippen LogP contribution < -0.4 is 5.32 Å². The monoisotopic (exact) mass is 312 g/mol. The smallest absolute Gasteiger partial charge is 0.277 e. The van der Waals surface area contributed by atoms with E-state index in [4.69, 9.17) is 16.0 Å². The molecule has 0 bridgehead atoms. The summed E-state index contributed by atoms with van der Waals surface area (Å²) in [6.07, 6.45) is 0. The molecule has 5 heteroatoms. The Bertz CT molecular complexity index is 795. The van der Waals surface area contributed by atoms with Crippen molar-refractivity contribution in [3.63, 3.8) is 0 Å². The number of nitrogens with zero attached hydrogens (tertiary/aromatic N) is 1. The van der Waals surface area contributed by atoms with E-state index < -0.39 is 0 Å². The van der Waals surface area contributed by atoms with E-state index in [9.17, 15) is 4.79 Å². The summed E-state index contributed by atoms with van der Waals surface area (Å²) in [6.45, 7) is 1.71. The minimum atomic E-state index is -0.298. The Kier molecular flexibility index (Phi) is 3.94. The second-order valence-electron chi connectivity index (χ2n) is 4.75. The first-order chi connectivity index (χ1) is 10.6. The zero-order valence-electron chi connectivity index (χ0n) is 11.8. The van der Waals surface area contributed by atoms with Gasteiger partial charge in [-0.2, -0.15) is 0 Å². The first kappa shape index (κ1) is 14.4. The van der Waals surface area contributed by atoms with Crippen LogP contribution >= 0.6 is 11.6 Å². The van der Waals surface area contributed by atoms with Gasteiger partial charge in [0.15, 0.2) is 5.69 Å². The van der Waals surface area contributed by atoms with E-state index in [1.165, 1.54) is 0 Å². The van der Waals surface area contributed by atoms with Gasteiger partial charge in [-0.25, -0.2) is 4.98 Å². The maximum Gasteiger partial charge on any atom is 0.277 e. The Morgan fingerprint density at radius 3 is 2.45 bits per heavy atom. The van der Waals surface area contributed by atoms with Crippen LogP contribution in [0.1, 0.15) is 16.2 Å². The van der Waals surface area contributed by atoms with E-state index in [0.717, 1.165) is 5.56 Å². The molecule has 0 aliphatic carbocycles. The molecular formula is C17H13ClN2O2. The number of nitrogens with one attached hydrogen (secondary N) is 1. The minimum Gasteiger partial charge on any atom is -0.441 e. The lowest BCUT2D eigenvalue weighted by atomic mass is 10.2. The molecule has 110 valence electrons. The van der Waals surface area contributed by atoms with Crippen molar-refractivity contribution < 1.29 is 9.21 Å². The molecule has 3 aromatic rings. The third kappa shape index (κ3) is 3.02. The standard InChI is InChI=1S/C17H13ClN2O2/c1-11-15(16(21)19-14-5-3-2-4-6-14)20-17(22-11)12-7-9-13(18)10-8-12/h2-10H,1H3,(H,19,21). The van der Waals surface area contributed by atoms with Crippen molar-refractivity contribution in [3.8, 4) is 11.5 Å². The fourth-order valence-electron chi connectivity index (χ4n) is 2.03. The Balaban J connectivity index is 1.86. The van der Waals surface area contributed by atoms with Gasteiger partial charge in [-0.15, -0.1) is 0 Å². The molecule has 0 fully saturated rings.